The van der Waals surface area contributed by atoms with Gasteiger partial charge < -0.3 is 4.74 Å². The summed E-state index contributed by atoms with van der Waals surface area (Å²) in [6, 6.07) is 4.98. The molecule has 0 aliphatic carbocycles. The molecule has 0 fully saturated rings. The number of Topliss-reactive ketones (excluding diaryl/α,β-unsaturated/α-hetero) is 1. The molecule has 0 saturated carbocycles. The van der Waals surface area contributed by atoms with Crippen molar-refractivity contribution >= 4 is 11.9 Å². The van der Waals surface area contributed by atoms with Crippen LogP contribution in [0.25, 0.3) is 6.08 Å². The molecule has 1 aromatic rings. The Morgan fingerprint density at radius 1 is 1.32 bits per heavy atom. The summed E-state index contributed by atoms with van der Waals surface area (Å²) in [6.07, 6.45) is 14.9. The molecule has 0 spiro atoms. The zero-order valence-corrected chi connectivity index (χ0v) is 14.9. The lowest BCUT2D eigenvalue weighted by Crippen LogP contribution is -2.18. The van der Waals surface area contributed by atoms with Crippen molar-refractivity contribution in [3.8, 4) is 18.6 Å². The molecular formula is C22H25FO2. The first kappa shape index (κ1) is 22.1. The van der Waals surface area contributed by atoms with Gasteiger partial charge in [0, 0.05) is 6.42 Å². The Hall–Kier alpha value is -2.86. The van der Waals surface area contributed by atoms with E-state index in [0.717, 1.165) is 6.08 Å². The second kappa shape index (κ2) is 10.8. The van der Waals surface area contributed by atoms with Crippen molar-refractivity contribution in [1.29, 1.82) is 0 Å². The van der Waals surface area contributed by atoms with Gasteiger partial charge in [-0.3, -0.25) is 4.79 Å². The number of rotatable bonds is 9. The van der Waals surface area contributed by atoms with E-state index in [-0.39, 0.29) is 17.6 Å². The zero-order chi connectivity index (χ0) is 19.5. The Bertz CT molecular complexity index is 683. The second-order valence-corrected chi connectivity index (χ2v) is 5.64. The molecule has 25 heavy (non-hydrogen) atoms. The van der Waals surface area contributed by atoms with Gasteiger partial charge in [0.15, 0.2) is 5.78 Å². The summed E-state index contributed by atoms with van der Waals surface area (Å²) in [7, 11) is 1.50. The summed E-state index contributed by atoms with van der Waals surface area (Å²) in [5.41, 5.74) is 0.632. The third-order valence-electron chi connectivity index (χ3n) is 3.69. The smallest absolute Gasteiger partial charge is 0.167 e. The standard InChI is InChI=1S/C20H23FO2.C2H2/c1-6-11-20(4,8-3)14-18(22)17-13-15(12-16(21)7-2)9-10-19(17)23-5;1-2/h6-10,12-13H,1-3,11,14H2,4-5H3;1-2H/b16-12+;. The van der Waals surface area contributed by atoms with Crippen molar-refractivity contribution in [2.24, 2.45) is 5.41 Å². The van der Waals surface area contributed by atoms with Gasteiger partial charge in [0.2, 0.25) is 0 Å². The molecule has 0 amide bonds. The van der Waals surface area contributed by atoms with E-state index in [4.69, 9.17) is 4.74 Å². The summed E-state index contributed by atoms with van der Waals surface area (Å²) >= 11 is 0. The maximum absolute atomic E-state index is 13.4. The number of ether oxygens (including phenoxy) is 1. The maximum atomic E-state index is 13.4. The van der Waals surface area contributed by atoms with Gasteiger partial charge in [-0.05, 0) is 41.7 Å². The van der Waals surface area contributed by atoms with E-state index in [1.165, 1.54) is 13.2 Å². The van der Waals surface area contributed by atoms with Crippen molar-refractivity contribution < 1.29 is 13.9 Å². The predicted molar refractivity (Wildman–Crippen MR) is 104 cm³/mol. The lowest BCUT2D eigenvalue weighted by Gasteiger charge is -2.23. The first-order valence-electron chi connectivity index (χ1n) is 7.68. The molecule has 0 saturated heterocycles. The summed E-state index contributed by atoms with van der Waals surface area (Å²) in [5.74, 6) is -0.0762. The van der Waals surface area contributed by atoms with Crippen molar-refractivity contribution in [3.05, 3.63) is 73.1 Å². The number of ketones is 1. The van der Waals surface area contributed by atoms with Crippen LogP contribution in [0.4, 0.5) is 4.39 Å². The Labute approximate surface area is 150 Å². The first-order valence-corrected chi connectivity index (χ1v) is 7.68. The average Bonchev–Trinajstić information content (AvgIpc) is 2.63. The van der Waals surface area contributed by atoms with Crippen LogP contribution >= 0.6 is 0 Å². The molecule has 1 rings (SSSR count). The molecule has 132 valence electrons. The van der Waals surface area contributed by atoms with Crippen molar-refractivity contribution in [3.63, 3.8) is 0 Å². The van der Waals surface area contributed by atoms with Crippen LogP contribution in [-0.2, 0) is 0 Å². The van der Waals surface area contributed by atoms with Gasteiger partial charge in [-0.2, -0.15) is 0 Å². The van der Waals surface area contributed by atoms with Crippen molar-refractivity contribution in [1.82, 2.24) is 0 Å². The van der Waals surface area contributed by atoms with Crippen molar-refractivity contribution in [2.45, 2.75) is 19.8 Å². The molecule has 3 heteroatoms. The highest BCUT2D eigenvalue weighted by Gasteiger charge is 2.25. The highest BCUT2D eigenvalue weighted by atomic mass is 19.1. The zero-order valence-electron chi connectivity index (χ0n) is 14.9. The van der Waals surface area contributed by atoms with Gasteiger partial charge in [0.1, 0.15) is 11.6 Å². The maximum Gasteiger partial charge on any atom is 0.167 e. The van der Waals surface area contributed by atoms with Crippen LogP contribution in [0.3, 0.4) is 0 Å². The van der Waals surface area contributed by atoms with E-state index in [0.29, 0.717) is 23.3 Å². The fourth-order valence-corrected chi connectivity index (χ4v) is 2.27. The van der Waals surface area contributed by atoms with Gasteiger partial charge in [0.25, 0.3) is 0 Å². The number of hydrogen-bond donors (Lipinski definition) is 0. The van der Waals surface area contributed by atoms with Crippen molar-refractivity contribution in [2.75, 3.05) is 7.11 Å². The van der Waals surface area contributed by atoms with Crippen LogP contribution in [0.2, 0.25) is 0 Å². The number of carbonyl (C=O) groups excluding carboxylic acids is 1. The van der Waals surface area contributed by atoms with E-state index in [9.17, 15) is 9.18 Å². The largest absolute Gasteiger partial charge is 0.496 e. The summed E-state index contributed by atoms with van der Waals surface area (Å²) < 4.78 is 18.6. The molecule has 0 bridgehead atoms. The molecular weight excluding hydrogens is 315 g/mol. The monoisotopic (exact) mass is 340 g/mol. The van der Waals surface area contributed by atoms with E-state index in [1.54, 1.807) is 30.4 Å². The lowest BCUT2D eigenvalue weighted by molar-refractivity contribution is 0.0941. The Kier molecular flexibility index (Phi) is 9.59. The number of benzene rings is 1. The Morgan fingerprint density at radius 2 is 1.96 bits per heavy atom. The third-order valence-corrected chi connectivity index (χ3v) is 3.69. The average molecular weight is 340 g/mol. The highest BCUT2D eigenvalue weighted by molar-refractivity contribution is 5.99. The molecule has 0 N–H and O–H groups in total. The SMILES string of the molecule is C#C.C=CCC(C)(C=C)CC(=O)c1cc(/C=C(/F)C=C)ccc1OC. The minimum absolute atomic E-state index is 0.0830. The highest BCUT2D eigenvalue weighted by Crippen LogP contribution is 2.32. The molecule has 1 unspecified atom stereocenters. The fourth-order valence-electron chi connectivity index (χ4n) is 2.27. The second-order valence-electron chi connectivity index (χ2n) is 5.64. The van der Waals surface area contributed by atoms with Gasteiger partial charge in [-0.25, -0.2) is 4.39 Å². The molecule has 1 aromatic carbocycles. The molecule has 0 aliphatic rings. The third kappa shape index (κ3) is 6.64. The number of allylic oxidation sites excluding steroid dienone is 4. The Morgan fingerprint density at radius 3 is 2.44 bits per heavy atom. The van der Waals surface area contributed by atoms with Gasteiger partial charge in [-0.1, -0.05) is 31.7 Å². The Balaban J connectivity index is 0.00000277. The summed E-state index contributed by atoms with van der Waals surface area (Å²) in [6.45, 7) is 12.9. The quantitative estimate of drug-likeness (QED) is 0.246. The number of methoxy groups -OCH3 is 1. The van der Waals surface area contributed by atoms with Gasteiger partial charge in [0.05, 0.1) is 12.7 Å². The predicted octanol–water partition coefficient (Wildman–Crippen LogP) is 5.78. The van der Waals surface area contributed by atoms with Crippen LogP contribution in [0.5, 0.6) is 5.75 Å². The van der Waals surface area contributed by atoms with Crippen LogP contribution < -0.4 is 4.74 Å². The van der Waals surface area contributed by atoms with E-state index in [1.807, 2.05) is 6.92 Å². The molecule has 0 heterocycles. The number of hydrogen-bond acceptors (Lipinski definition) is 2. The topological polar surface area (TPSA) is 26.3 Å². The first-order chi connectivity index (χ1) is 11.9. The van der Waals surface area contributed by atoms with Crippen LogP contribution in [0.1, 0.15) is 35.7 Å². The van der Waals surface area contributed by atoms with Crippen LogP contribution in [0.15, 0.2) is 62.0 Å². The van der Waals surface area contributed by atoms with E-state index >= 15 is 0 Å². The lowest BCUT2D eigenvalue weighted by atomic mass is 9.80. The molecule has 0 radical (unpaired) electrons. The van der Waals surface area contributed by atoms with E-state index < -0.39 is 5.83 Å². The summed E-state index contributed by atoms with van der Waals surface area (Å²) in [5, 5.41) is 0. The van der Waals surface area contributed by atoms with Gasteiger partial charge in [-0.15, -0.1) is 26.0 Å². The normalized spacial score (nSPS) is 12.8. The van der Waals surface area contributed by atoms with Crippen LogP contribution in [-0.4, -0.2) is 12.9 Å². The molecule has 0 aromatic heterocycles. The molecule has 1 atom stereocenters. The van der Waals surface area contributed by atoms with E-state index in [2.05, 4.69) is 32.6 Å². The molecule has 2 nitrogen and oxygen atoms in total. The van der Waals surface area contributed by atoms with Gasteiger partial charge >= 0.3 is 0 Å². The number of terminal acetylenes is 1. The van der Waals surface area contributed by atoms with Crippen LogP contribution in [0, 0.1) is 18.3 Å². The number of carbonyl (C=O) groups is 1. The molecule has 0 aliphatic heterocycles. The number of halogens is 1. The minimum atomic E-state index is -0.462. The fraction of sp³-hybridized carbons (Fsp3) is 0.227. The minimum Gasteiger partial charge on any atom is -0.496 e. The summed E-state index contributed by atoms with van der Waals surface area (Å²) in [4.78, 5) is 12.7.